The summed E-state index contributed by atoms with van der Waals surface area (Å²) in [6.45, 7) is 5.44. The zero-order valence-corrected chi connectivity index (χ0v) is 11.3. The number of rotatable bonds is 6. The third kappa shape index (κ3) is 5.06. The molecule has 0 spiro atoms. The lowest BCUT2D eigenvalue weighted by molar-refractivity contribution is -0.139. The molecule has 106 valence electrons. The molecule has 0 aliphatic rings. The standard InChI is InChI=1S/C15H16O5/c1-3-19-14(17)11(2)9-10-13(16)20-15(18)12-7-5-4-6-8-12/h4-8H,2-3,9-10H2,1H3. The van der Waals surface area contributed by atoms with Crippen LogP contribution in [-0.4, -0.2) is 24.5 Å². The van der Waals surface area contributed by atoms with Gasteiger partial charge in [-0.1, -0.05) is 24.8 Å². The van der Waals surface area contributed by atoms with E-state index in [-0.39, 0.29) is 25.0 Å². The van der Waals surface area contributed by atoms with Crippen LogP contribution in [0.5, 0.6) is 0 Å². The summed E-state index contributed by atoms with van der Waals surface area (Å²) < 4.78 is 9.38. The summed E-state index contributed by atoms with van der Waals surface area (Å²) in [5, 5.41) is 0. The highest BCUT2D eigenvalue weighted by atomic mass is 16.6. The zero-order valence-electron chi connectivity index (χ0n) is 11.3. The van der Waals surface area contributed by atoms with Crippen molar-refractivity contribution in [2.45, 2.75) is 19.8 Å². The first-order chi connectivity index (χ1) is 9.54. The number of ether oxygens (including phenoxy) is 2. The summed E-state index contributed by atoms with van der Waals surface area (Å²) in [6.07, 6.45) is -0.00401. The van der Waals surface area contributed by atoms with Crippen molar-refractivity contribution in [3.63, 3.8) is 0 Å². The van der Waals surface area contributed by atoms with Gasteiger partial charge in [-0.2, -0.15) is 0 Å². The maximum Gasteiger partial charge on any atom is 0.345 e. The van der Waals surface area contributed by atoms with Crippen LogP contribution in [0.25, 0.3) is 0 Å². The molecule has 0 N–H and O–H groups in total. The van der Waals surface area contributed by atoms with Gasteiger partial charge in [0.25, 0.3) is 0 Å². The van der Waals surface area contributed by atoms with Crippen LogP contribution in [0.1, 0.15) is 30.1 Å². The van der Waals surface area contributed by atoms with Gasteiger partial charge in [0.05, 0.1) is 18.6 Å². The Kier molecular flexibility index (Phi) is 6.16. The van der Waals surface area contributed by atoms with Gasteiger partial charge >= 0.3 is 17.9 Å². The Morgan fingerprint density at radius 3 is 2.35 bits per heavy atom. The first-order valence-electron chi connectivity index (χ1n) is 6.19. The van der Waals surface area contributed by atoms with Crippen LogP contribution in [-0.2, 0) is 19.1 Å². The van der Waals surface area contributed by atoms with E-state index in [0.29, 0.717) is 5.56 Å². The number of benzene rings is 1. The summed E-state index contributed by atoms with van der Waals surface area (Å²) in [5.41, 5.74) is 0.473. The smallest absolute Gasteiger partial charge is 0.345 e. The minimum atomic E-state index is -0.711. The summed E-state index contributed by atoms with van der Waals surface area (Å²) in [6, 6.07) is 8.19. The molecule has 5 nitrogen and oxygen atoms in total. The number of hydrogen-bond donors (Lipinski definition) is 0. The van der Waals surface area contributed by atoms with E-state index in [1.54, 1.807) is 37.3 Å². The van der Waals surface area contributed by atoms with Gasteiger partial charge < -0.3 is 9.47 Å². The van der Waals surface area contributed by atoms with Crippen molar-refractivity contribution in [2.75, 3.05) is 6.61 Å². The third-order valence-electron chi connectivity index (χ3n) is 2.41. The first-order valence-corrected chi connectivity index (χ1v) is 6.19. The minimum Gasteiger partial charge on any atom is -0.463 e. The fraction of sp³-hybridized carbons (Fsp3) is 0.267. The Hall–Kier alpha value is -2.43. The van der Waals surface area contributed by atoms with Gasteiger partial charge in [-0.05, 0) is 25.5 Å². The molecule has 1 aromatic carbocycles. The lowest BCUT2D eigenvalue weighted by Gasteiger charge is -2.05. The van der Waals surface area contributed by atoms with E-state index in [1.165, 1.54) is 0 Å². The van der Waals surface area contributed by atoms with Crippen molar-refractivity contribution in [3.8, 4) is 0 Å². The van der Waals surface area contributed by atoms with Crippen molar-refractivity contribution in [2.24, 2.45) is 0 Å². The Morgan fingerprint density at radius 2 is 1.75 bits per heavy atom. The predicted molar refractivity (Wildman–Crippen MR) is 71.9 cm³/mol. The molecule has 0 unspecified atom stereocenters. The largest absolute Gasteiger partial charge is 0.463 e. The molecular weight excluding hydrogens is 260 g/mol. The highest BCUT2D eigenvalue weighted by Gasteiger charge is 2.15. The molecule has 5 heteroatoms. The predicted octanol–water partition coefficient (Wildman–Crippen LogP) is 2.27. The molecule has 1 rings (SSSR count). The summed E-state index contributed by atoms with van der Waals surface area (Å²) in [5.74, 6) is -1.96. The molecule has 0 amide bonds. The van der Waals surface area contributed by atoms with Gasteiger partial charge in [0.15, 0.2) is 0 Å². The Balaban J connectivity index is 2.39. The van der Waals surface area contributed by atoms with E-state index in [2.05, 4.69) is 11.3 Å². The second-order valence-electron chi connectivity index (χ2n) is 3.95. The molecular formula is C15H16O5. The average molecular weight is 276 g/mol. The molecule has 0 fully saturated rings. The molecule has 0 aliphatic carbocycles. The van der Waals surface area contributed by atoms with Gasteiger partial charge in [0.2, 0.25) is 0 Å². The lowest BCUT2D eigenvalue weighted by Crippen LogP contribution is -2.14. The SMILES string of the molecule is C=C(CCC(=O)OC(=O)c1ccccc1)C(=O)OCC. The Morgan fingerprint density at radius 1 is 1.10 bits per heavy atom. The fourth-order valence-corrected chi connectivity index (χ4v) is 1.38. The topological polar surface area (TPSA) is 69.7 Å². The minimum absolute atomic E-state index is 0.0970. The van der Waals surface area contributed by atoms with Crippen molar-refractivity contribution >= 4 is 17.9 Å². The van der Waals surface area contributed by atoms with Crippen LogP contribution in [0.15, 0.2) is 42.5 Å². The lowest BCUT2D eigenvalue weighted by atomic mass is 10.1. The number of hydrogen-bond acceptors (Lipinski definition) is 5. The highest BCUT2D eigenvalue weighted by Crippen LogP contribution is 2.08. The monoisotopic (exact) mass is 276 g/mol. The number of carbonyl (C=O) groups is 3. The van der Waals surface area contributed by atoms with Crippen molar-refractivity contribution in [1.82, 2.24) is 0 Å². The summed E-state index contributed by atoms with van der Waals surface area (Å²) in [4.78, 5) is 34.3. The molecule has 0 aliphatic heterocycles. The maximum absolute atomic E-state index is 11.6. The van der Waals surface area contributed by atoms with E-state index in [0.717, 1.165) is 0 Å². The third-order valence-corrected chi connectivity index (χ3v) is 2.41. The average Bonchev–Trinajstić information content (AvgIpc) is 2.45. The second-order valence-corrected chi connectivity index (χ2v) is 3.95. The number of carbonyl (C=O) groups excluding carboxylic acids is 3. The van der Waals surface area contributed by atoms with E-state index >= 15 is 0 Å². The normalized spacial score (nSPS) is 9.65. The van der Waals surface area contributed by atoms with Crippen LogP contribution in [0.3, 0.4) is 0 Å². The van der Waals surface area contributed by atoms with Gasteiger partial charge in [-0.3, -0.25) is 4.79 Å². The van der Waals surface area contributed by atoms with Crippen molar-refractivity contribution in [3.05, 3.63) is 48.0 Å². The van der Waals surface area contributed by atoms with Crippen LogP contribution in [0.2, 0.25) is 0 Å². The van der Waals surface area contributed by atoms with E-state index in [1.807, 2.05) is 0 Å². The molecule has 0 saturated heterocycles. The van der Waals surface area contributed by atoms with E-state index in [9.17, 15) is 14.4 Å². The molecule has 20 heavy (non-hydrogen) atoms. The summed E-state index contributed by atoms with van der Waals surface area (Å²) >= 11 is 0. The summed E-state index contributed by atoms with van der Waals surface area (Å²) in [7, 11) is 0. The van der Waals surface area contributed by atoms with Crippen LogP contribution >= 0.6 is 0 Å². The van der Waals surface area contributed by atoms with E-state index < -0.39 is 17.9 Å². The van der Waals surface area contributed by atoms with Crippen molar-refractivity contribution < 1.29 is 23.9 Å². The van der Waals surface area contributed by atoms with E-state index in [4.69, 9.17) is 4.74 Å². The highest BCUT2D eigenvalue weighted by molar-refractivity contribution is 5.97. The number of esters is 3. The Bertz CT molecular complexity index is 504. The second kappa shape index (κ2) is 7.89. The molecule has 0 radical (unpaired) electrons. The molecule has 0 aromatic heterocycles. The van der Waals surface area contributed by atoms with Gasteiger partial charge in [-0.25, -0.2) is 9.59 Å². The maximum atomic E-state index is 11.6. The molecule has 0 bridgehead atoms. The fourth-order valence-electron chi connectivity index (χ4n) is 1.38. The van der Waals surface area contributed by atoms with Crippen LogP contribution in [0.4, 0.5) is 0 Å². The van der Waals surface area contributed by atoms with Crippen LogP contribution < -0.4 is 0 Å². The molecule has 0 saturated carbocycles. The quantitative estimate of drug-likeness (QED) is 0.453. The zero-order chi connectivity index (χ0) is 15.0. The molecule has 1 aromatic rings. The van der Waals surface area contributed by atoms with Crippen LogP contribution in [0, 0.1) is 0 Å². The molecule has 0 heterocycles. The van der Waals surface area contributed by atoms with Gasteiger partial charge in [-0.15, -0.1) is 0 Å². The first kappa shape index (κ1) is 15.6. The van der Waals surface area contributed by atoms with Crippen molar-refractivity contribution in [1.29, 1.82) is 0 Å². The van der Waals surface area contributed by atoms with Gasteiger partial charge in [0.1, 0.15) is 0 Å². The van der Waals surface area contributed by atoms with Gasteiger partial charge in [0, 0.05) is 5.57 Å². The Labute approximate surface area is 117 Å². The molecule has 0 atom stereocenters.